The van der Waals surface area contributed by atoms with Crippen LogP contribution in [0.3, 0.4) is 0 Å². The Hall–Kier alpha value is -2.98. The molecule has 1 N–H and O–H groups in total. The van der Waals surface area contributed by atoms with Crippen LogP contribution in [0.2, 0.25) is 0 Å². The molecule has 0 aromatic heterocycles. The van der Waals surface area contributed by atoms with Crippen molar-refractivity contribution < 1.29 is 28.2 Å². The zero-order chi connectivity index (χ0) is 30.7. The van der Waals surface area contributed by atoms with Gasteiger partial charge in [-0.3, -0.25) is 13.9 Å². The van der Waals surface area contributed by atoms with Crippen molar-refractivity contribution in [3.63, 3.8) is 0 Å². The Kier molecular flexibility index (Phi) is 9.56. The van der Waals surface area contributed by atoms with Gasteiger partial charge in [-0.05, 0) is 71.5 Å². The highest BCUT2D eigenvalue weighted by molar-refractivity contribution is 9.10. The average Bonchev–Trinajstić information content (AvgIpc) is 3.74. The lowest BCUT2D eigenvalue weighted by atomic mass is 9.90. The second-order valence-corrected chi connectivity index (χ2v) is 13.9. The van der Waals surface area contributed by atoms with E-state index in [1.807, 2.05) is 36.4 Å². The molecule has 3 heterocycles. The normalized spacial score (nSPS) is 19.5. The van der Waals surface area contributed by atoms with Gasteiger partial charge in [-0.1, -0.05) is 70.5 Å². The highest BCUT2D eigenvalue weighted by Gasteiger charge is 2.33. The number of likely N-dealkylation sites (tertiary alicyclic amines) is 1. The molecule has 3 aromatic rings. The maximum atomic E-state index is 13.5. The summed E-state index contributed by atoms with van der Waals surface area (Å²) in [5.41, 5.74) is 6.18. The van der Waals surface area contributed by atoms with Crippen molar-refractivity contribution in [1.82, 2.24) is 9.80 Å². The minimum absolute atomic E-state index is 0.0263. The number of hydrogen-bond donors (Lipinski definition) is 1. The van der Waals surface area contributed by atoms with Crippen LogP contribution in [0.25, 0.3) is 5.57 Å². The van der Waals surface area contributed by atoms with Gasteiger partial charge in [0.15, 0.2) is 11.5 Å². The molecular weight excluding hydrogens is 645 g/mol. The number of rotatable bonds is 10. The molecule has 1 saturated heterocycles. The van der Waals surface area contributed by atoms with Crippen LogP contribution in [-0.2, 0) is 33.3 Å². The van der Waals surface area contributed by atoms with Gasteiger partial charge in [-0.2, -0.15) is 4.76 Å². The molecule has 9 nitrogen and oxygen atoms in total. The van der Waals surface area contributed by atoms with Gasteiger partial charge in [0.1, 0.15) is 5.84 Å². The number of aliphatic hydroxyl groups excluding tert-OH is 1. The van der Waals surface area contributed by atoms with Crippen molar-refractivity contribution >= 4 is 35.1 Å². The number of halogens is 1. The van der Waals surface area contributed by atoms with Crippen molar-refractivity contribution in [2.75, 3.05) is 34.1 Å². The van der Waals surface area contributed by atoms with Crippen molar-refractivity contribution in [2.24, 2.45) is 4.76 Å². The van der Waals surface area contributed by atoms with E-state index < -0.39 is 7.75 Å². The van der Waals surface area contributed by atoms with Crippen LogP contribution in [-0.4, -0.2) is 54.8 Å². The standard InChI is InChI=1S/C33H37BrN3O6P/c1-40-44(39,41-2)35-33-17-27(25-9-7-24(21-38)8-10-25)15-30(26-11-5-23(6-12-26)19-36-13-3-4-14-36)37(33)20-28-16-31-32(18-29(28)34)43-22-42-31/h5-12,15-16,18,30,38H,3-4,13-14,17,19-22H2,1-2H3/b35-33-. The van der Waals surface area contributed by atoms with Gasteiger partial charge in [0.05, 0.1) is 12.6 Å². The fourth-order valence-electron chi connectivity index (χ4n) is 5.93. The van der Waals surface area contributed by atoms with Gasteiger partial charge < -0.3 is 19.5 Å². The fourth-order valence-corrected chi connectivity index (χ4v) is 7.16. The summed E-state index contributed by atoms with van der Waals surface area (Å²) in [5, 5.41) is 9.60. The molecule has 0 spiro atoms. The summed E-state index contributed by atoms with van der Waals surface area (Å²) in [6, 6.07) is 20.2. The molecule has 6 rings (SSSR count). The second-order valence-electron chi connectivity index (χ2n) is 11.2. The van der Waals surface area contributed by atoms with E-state index in [2.05, 4.69) is 60.8 Å². The van der Waals surface area contributed by atoms with E-state index in [-0.39, 0.29) is 19.4 Å². The molecule has 0 aliphatic carbocycles. The summed E-state index contributed by atoms with van der Waals surface area (Å²) in [6.07, 6.45) is 5.16. The van der Waals surface area contributed by atoms with Gasteiger partial charge >= 0.3 is 7.75 Å². The highest BCUT2D eigenvalue weighted by atomic mass is 79.9. The third-order valence-corrected chi connectivity index (χ3v) is 10.5. The second kappa shape index (κ2) is 13.6. The van der Waals surface area contributed by atoms with E-state index in [0.29, 0.717) is 30.3 Å². The predicted molar refractivity (Wildman–Crippen MR) is 174 cm³/mol. The zero-order valence-electron chi connectivity index (χ0n) is 24.9. The van der Waals surface area contributed by atoms with Crippen molar-refractivity contribution in [1.29, 1.82) is 0 Å². The molecule has 44 heavy (non-hydrogen) atoms. The monoisotopic (exact) mass is 681 g/mol. The third-order valence-electron chi connectivity index (χ3n) is 8.39. The minimum atomic E-state index is -3.77. The van der Waals surface area contributed by atoms with Crippen LogP contribution in [0.15, 0.2) is 76.0 Å². The molecule has 1 fully saturated rings. The van der Waals surface area contributed by atoms with Crippen LogP contribution >= 0.6 is 23.7 Å². The summed E-state index contributed by atoms with van der Waals surface area (Å²) in [7, 11) is -1.08. The van der Waals surface area contributed by atoms with E-state index >= 15 is 0 Å². The SMILES string of the molecule is COP(=O)(/N=C1/CC(c2ccc(CO)cc2)=CC(c2ccc(CN3CCCC3)cc2)N1Cc1cc2c(cc1Br)OCO2)OC. The van der Waals surface area contributed by atoms with Crippen LogP contribution in [0.1, 0.15) is 53.1 Å². The number of amidine groups is 1. The first-order valence-corrected chi connectivity index (χ1v) is 17.0. The van der Waals surface area contributed by atoms with Crippen LogP contribution in [0.4, 0.5) is 0 Å². The van der Waals surface area contributed by atoms with Gasteiger partial charge in [0.25, 0.3) is 0 Å². The maximum absolute atomic E-state index is 13.5. The minimum Gasteiger partial charge on any atom is -0.454 e. The number of ether oxygens (including phenoxy) is 2. The van der Waals surface area contributed by atoms with Crippen LogP contribution in [0, 0.1) is 0 Å². The average molecular weight is 683 g/mol. The molecule has 3 aliphatic heterocycles. The van der Waals surface area contributed by atoms with Crippen molar-refractivity contribution in [2.45, 2.75) is 45.0 Å². The quantitative estimate of drug-likeness (QED) is 0.227. The Bertz CT molecular complexity index is 1580. The summed E-state index contributed by atoms with van der Waals surface area (Å²) < 4.78 is 40.8. The molecule has 0 amide bonds. The summed E-state index contributed by atoms with van der Waals surface area (Å²) in [4.78, 5) is 4.64. The number of nitrogens with zero attached hydrogens (tertiary/aromatic N) is 3. The maximum Gasteiger partial charge on any atom is 0.454 e. The highest BCUT2D eigenvalue weighted by Crippen LogP contribution is 2.50. The van der Waals surface area contributed by atoms with E-state index in [9.17, 15) is 9.67 Å². The van der Waals surface area contributed by atoms with E-state index in [1.165, 1.54) is 32.6 Å². The van der Waals surface area contributed by atoms with Gasteiger partial charge in [0, 0.05) is 38.2 Å². The molecule has 232 valence electrons. The van der Waals surface area contributed by atoms with E-state index in [1.54, 1.807) is 0 Å². The van der Waals surface area contributed by atoms with Crippen LogP contribution in [0.5, 0.6) is 11.5 Å². The lowest BCUT2D eigenvalue weighted by Gasteiger charge is -2.38. The Morgan fingerprint density at radius 1 is 0.955 bits per heavy atom. The number of hydrogen-bond acceptors (Lipinski definition) is 7. The third kappa shape index (κ3) is 6.81. The Morgan fingerprint density at radius 3 is 2.27 bits per heavy atom. The number of benzene rings is 3. The van der Waals surface area contributed by atoms with E-state index in [0.717, 1.165) is 51.9 Å². The molecule has 1 atom stereocenters. The fraction of sp³-hybridized carbons (Fsp3) is 0.364. The molecule has 0 bridgehead atoms. The Labute approximate surface area is 266 Å². The lowest BCUT2D eigenvalue weighted by Crippen LogP contribution is -2.37. The molecule has 3 aromatic carbocycles. The molecule has 1 unspecified atom stereocenters. The molecule has 11 heteroatoms. The van der Waals surface area contributed by atoms with Crippen LogP contribution < -0.4 is 9.47 Å². The first-order chi connectivity index (χ1) is 21.4. The Morgan fingerprint density at radius 2 is 1.61 bits per heavy atom. The number of fused-ring (bicyclic) bond motifs is 1. The Balaban J connectivity index is 1.44. The molecular formula is C33H37BrN3O6P. The van der Waals surface area contributed by atoms with Crippen molar-refractivity contribution in [3.05, 3.63) is 99.0 Å². The van der Waals surface area contributed by atoms with Gasteiger partial charge in [-0.15, -0.1) is 0 Å². The summed E-state index contributed by atoms with van der Waals surface area (Å²) in [6.45, 7) is 3.82. The summed E-state index contributed by atoms with van der Waals surface area (Å²) in [5.74, 6) is 1.95. The van der Waals surface area contributed by atoms with Crippen molar-refractivity contribution in [3.8, 4) is 11.5 Å². The molecule has 0 saturated carbocycles. The van der Waals surface area contributed by atoms with E-state index in [4.69, 9.17) is 18.5 Å². The number of aliphatic hydroxyl groups is 1. The summed E-state index contributed by atoms with van der Waals surface area (Å²) >= 11 is 3.73. The topological polar surface area (TPSA) is 93.1 Å². The largest absolute Gasteiger partial charge is 0.454 e. The van der Waals surface area contributed by atoms with Gasteiger partial charge in [-0.25, -0.2) is 4.57 Å². The zero-order valence-corrected chi connectivity index (χ0v) is 27.4. The molecule has 3 aliphatic rings. The first kappa shape index (κ1) is 31.0. The molecule has 0 radical (unpaired) electrons. The lowest BCUT2D eigenvalue weighted by molar-refractivity contribution is 0.174. The van der Waals surface area contributed by atoms with Gasteiger partial charge in [0.2, 0.25) is 6.79 Å². The predicted octanol–water partition coefficient (Wildman–Crippen LogP) is 7.10. The first-order valence-electron chi connectivity index (χ1n) is 14.8. The smallest absolute Gasteiger partial charge is 0.454 e.